The van der Waals surface area contributed by atoms with Gasteiger partial charge in [0.05, 0.1) is 24.2 Å². The first-order valence-electron chi connectivity index (χ1n) is 9.95. The summed E-state index contributed by atoms with van der Waals surface area (Å²) < 4.78 is 33.1. The first-order chi connectivity index (χ1) is 15.4. The van der Waals surface area contributed by atoms with E-state index in [4.69, 9.17) is 4.42 Å². The van der Waals surface area contributed by atoms with Gasteiger partial charge in [0, 0.05) is 16.1 Å². The molecule has 4 aromatic rings. The Bertz CT molecular complexity index is 1280. The zero-order valence-electron chi connectivity index (χ0n) is 17.4. The molecule has 0 fully saturated rings. The van der Waals surface area contributed by atoms with Gasteiger partial charge >= 0.3 is 0 Å². The second-order valence-corrected chi connectivity index (χ2v) is 10.1. The van der Waals surface area contributed by atoms with Crippen molar-refractivity contribution in [2.75, 3.05) is 11.9 Å². The number of nitrogens with zero attached hydrogens (tertiary/aromatic N) is 1. The molecule has 164 valence electrons. The number of carbonyl (C=O) groups excluding carboxylic acids is 1. The number of hydrogen-bond acceptors (Lipinski definition) is 5. The third kappa shape index (κ3) is 4.99. The lowest BCUT2D eigenvalue weighted by Crippen LogP contribution is -2.37. The molecule has 0 aliphatic carbocycles. The highest BCUT2D eigenvalue weighted by atomic mass is 32.2. The van der Waals surface area contributed by atoms with Gasteiger partial charge < -0.3 is 9.73 Å². The Morgan fingerprint density at radius 1 is 1.00 bits per heavy atom. The van der Waals surface area contributed by atoms with E-state index in [1.54, 1.807) is 53.8 Å². The highest BCUT2D eigenvalue weighted by molar-refractivity contribution is 7.89. The van der Waals surface area contributed by atoms with E-state index in [2.05, 4.69) is 5.32 Å². The number of furan rings is 1. The Balaban J connectivity index is 1.59. The number of para-hydroxylation sites is 1. The summed E-state index contributed by atoms with van der Waals surface area (Å²) in [6, 6.07) is 21.3. The van der Waals surface area contributed by atoms with Gasteiger partial charge in [-0.05, 0) is 48.7 Å². The minimum Gasteiger partial charge on any atom is -0.468 e. The molecule has 2 aromatic heterocycles. The Labute approximate surface area is 191 Å². The minimum atomic E-state index is -3.92. The van der Waals surface area contributed by atoms with E-state index >= 15 is 0 Å². The van der Waals surface area contributed by atoms with E-state index in [9.17, 15) is 13.2 Å². The molecule has 2 heterocycles. The van der Waals surface area contributed by atoms with Crippen molar-refractivity contribution in [2.45, 2.75) is 18.4 Å². The average Bonchev–Trinajstić information content (AvgIpc) is 3.48. The Morgan fingerprint density at radius 2 is 1.78 bits per heavy atom. The number of aryl methyl sites for hydroxylation is 1. The van der Waals surface area contributed by atoms with Crippen LogP contribution >= 0.6 is 11.3 Å². The maximum absolute atomic E-state index is 13.3. The lowest BCUT2D eigenvalue weighted by Gasteiger charge is -2.21. The van der Waals surface area contributed by atoms with Crippen LogP contribution in [0, 0.1) is 6.92 Å². The van der Waals surface area contributed by atoms with Crippen molar-refractivity contribution in [3.05, 3.63) is 95.8 Å². The summed E-state index contributed by atoms with van der Waals surface area (Å²) in [5, 5.41) is 4.84. The highest BCUT2D eigenvalue weighted by Gasteiger charge is 2.28. The lowest BCUT2D eigenvalue weighted by molar-refractivity contribution is -0.116. The van der Waals surface area contributed by atoms with E-state index < -0.39 is 15.9 Å². The Hall–Kier alpha value is -3.20. The van der Waals surface area contributed by atoms with E-state index in [1.165, 1.54) is 6.26 Å². The molecule has 1 amide bonds. The number of thiophene rings is 1. The van der Waals surface area contributed by atoms with Crippen LogP contribution in [0.3, 0.4) is 0 Å². The predicted octanol–water partition coefficient (Wildman–Crippen LogP) is 5.15. The molecular weight excluding hydrogens is 444 g/mol. The summed E-state index contributed by atoms with van der Waals surface area (Å²) in [5.74, 6) is 0.0173. The van der Waals surface area contributed by atoms with Crippen LogP contribution in [0.1, 0.15) is 11.3 Å². The van der Waals surface area contributed by atoms with Crippen LogP contribution in [0.5, 0.6) is 0 Å². The van der Waals surface area contributed by atoms with Crippen LogP contribution in [-0.2, 0) is 21.4 Å². The summed E-state index contributed by atoms with van der Waals surface area (Å²) in [6.45, 7) is 1.48. The Kier molecular flexibility index (Phi) is 6.55. The highest BCUT2D eigenvalue weighted by Crippen LogP contribution is 2.31. The van der Waals surface area contributed by atoms with Crippen LogP contribution in [0.2, 0.25) is 0 Å². The predicted molar refractivity (Wildman–Crippen MR) is 126 cm³/mol. The van der Waals surface area contributed by atoms with Crippen molar-refractivity contribution in [3.8, 4) is 10.4 Å². The van der Waals surface area contributed by atoms with Crippen molar-refractivity contribution < 1.29 is 17.6 Å². The zero-order valence-corrected chi connectivity index (χ0v) is 19.0. The van der Waals surface area contributed by atoms with Gasteiger partial charge in [-0.2, -0.15) is 4.31 Å². The molecule has 0 aliphatic rings. The van der Waals surface area contributed by atoms with Gasteiger partial charge in [-0.15, -0.1) is 11.3 Å². The summed E-state index contributed by atoms with van der Waals surface area (Å²) in [7, 11) is -3.92. The molecule has 6 nitrogen and oxygen atoms in total. The molecule has 0 radical (unpaired) electrons. The smallest absolute Gasteiger partial charge is 0.243 e. The van der Waals surface area contributed by atoms with E-state index in [0.717, 1.165) is 20.3 Å². The molecule has 0 unspecified atom stereocenters. The maximum atomic E-state index is 13.3. The van der Waals surface area contributed by atoms with Crippen molar-refractivity contribution in [3.63, 3.8) is 0 Å². The first-order valence-corrected chi connectivity index (χ1v) is 12.3. The third-order valence-electron chi connectivity index (χ3n) is 4.88. The molecule has 1 N–H and O–H groups in total. The number of hydrogen-bond donors (Lipinski definition) is 1. The molecule has 0 aliphatic heterocycles. The summed E-state index contributed by atoms with van der Waals surface area (Å²) in [6.07, 6.45) is 1.48. The van der Waals surface area contributed by atoms with Gasteiger partial charge in [-0.3, -0.25) is 4.79 Å². The van der Waals surface area contributed by atoms with Gasteiger partial charge in [0.15, 0.2) is 0 Å². The third-order valence-corrected chi connectivity index (χ3v) is 7.59. The van der Waals surface area contributed by atoms with Crippen molar-refractivity contribution in [1.29, 1.82) is 0 Å². The molecule has 0 atom stereocenters. The van der Waals surface area contributed by atoms with Crippen molar-refractivity contribution in [1.82, 2.24) is 4.31 Å². The summed E-state index contributed by atoms with van der Waals surface area (Å²) >= 11 is 1.57. The second kappa shape index (κ2) is 9.52. The topological polar surface area (TPSA) is 79.6 Å². The summed E-state index contributed by atoms with van der Waals surface area (Å²) in [5.41, 5.74) is 2.46. The first kappa shape index (κ1) is 22.0. The normalized spacial score (nSPS) is 11.6. The monoisotopic (exact) mass is 466 g/mol. The number of anilines is 1. The molecule has 4 rings (SSSR count). The summed E-state index contributed by atoms with van der Waals surface area (Å²) in [4.78, 5) is 14.1. The van der Waals surface area contributed by atoms with Crippen LogP contribution in [0.15, 0.2) is 93.8 Å². The maximum Gasteiger partial charge on any atom is 0.243 e. The van der Waals surface area contributed by atoms with Gasteiger partial charge in [0.25, 0.3) is 0 Å². The van der Waals surface area contributed by atoms with Crippen molar-refractivity contribution >= 4 is 33.0 Å². The van der Waals surface area contributed by atoms with Gasteiger partial charge in [0.2, 0.25) is 15.9 Å². The van der Waals surface area contributed by atoms with Crippen LogP contribution in [0.25, 0.3) is 10.4 Å². The molecular formula is C24H22N2O4S2. The standard InChI is InChI=1S/C24H22N2O4S2/c1-18-10-12-20(13-11-18)32(28,29)26(16-19-6-4-14-30-19)17-24(27)25-22-8-3-2-7-21(22)23-9-5-15-31-23/h2-15H,16-17H2,1H3,(H,25,27). The van der Waals surface area contributed by atoms with E-state index in [0.29, 0.717) is 11.4 Å². The van der Waals surface area contributed by atoms with E-state index in [-0.39, 0.29) is 18.0 Å². The number of carbonyl (C=O) groups is 1. The molecule has 0 spiro atoms. The van der Waals surface area contributed by atoms with Gasteiger partial charge in [-0.1, -0.05) is 42.0 Å². The number of amides is 1. The molecule has 8 heteroatoms. The molecule has 2 aromatic carbocycles. The van der Waals surface area contributed by atoms with Gasteiger partial charge in [0.1, 0.15) is 5.76 Å². The second-order valence-electron chi connectivity index (χ2n) is 7.24. The molecule has 32 heavy (non-hydrogen) atoms. The largest absolute Gasteiger partial charge is 0.468 e. The molecule has 0 bridgehead atoms. The van der Waals surface area contributed by atoms with E-state index in [1.807, 2.05) is 42.6 Å². The van der Waals surface area contributed by atoms with Crippen LogP contribution in [-0.4, -0.2) is 25.2 Å². The average molecular weight is 467 g/mol. The number of sulfonamides is 1. The van der Waals surface area contributed by atoms with Crippen LogP contribution in [0.4, 0.5) is 5.69 Å². The quantitative estimate of drug-likeness (QED) is 0.390. The number of rotatable bonds is 8. The molecule has 0 saturated heterocycles. The number of benzene rings is 2. The van der Waals surface area contributed by atoms with Crippen molar-refractivity contribution in [2.24, 2.45) is 0 Å². The van der Waals surface area contributed by atoms with Gasteiger partial charge in [-0.25, -0.2) is 8.42 Å². The minimum absolute atomic E-state index is 0.0524. The lowest BCUT2D eigenvalue weighted by atomic mass is 10.1. The van der Waals surface area contributed by atoms with Crippen LogP contribution < -0.4 is 5.32 Å². The number of nitrogens with one attached hydrogen (secondary N) is 1. The SMILES string of the molecule is Cc1ccc(S(=O)(=O)N(CC(=O)Nc2ccccc2-c2cccs2)Cc2ccco2)cc1. The fourth-order valence-electron chi connectivity index (χ4n) is 3.25. The fraction of sp³-hybridized carbons (Fsp3) is 0.125. The Morgan fingerprint density at radius 3 is 2.47 bits per heavy atom. The zero-order chi connectivity index (χ0) is 22.6. The molecule has 0 saturated carbocycles. The fourth-order valence-corrected chi connectivity index (χ4v) is 5.38.